The standard InChI is InChI=1S/C13H18F2N2O2/c1-9-4-5-10(16)7-11(9)17-13(18)3-2-6-19-8-12(14)15/h4-5,7,12H,2-3,6,8,16H2,1H3,(H,17,18). The van der Waals surface area contributed by atoms with Crippen molar-refractivity contribution in [2.45, 2.75) is 26.2 Å². The molecule has 0 spiro atoms. The van der Waals surface area contributed by atoms with Crippen LogP contribution in [0.15, 0.2) is 18.2 Å². The van der Waals surface area contributed by atoms with Gasteiger partial charge in [0.1, 0.15) is 6.61 Å². The molecule has 1 rings (SSSR count). The lowest BCUT2D eigenvalue weighted by Crippen LogP contribution is -2.14. The summed E-state index contributed by atoms with van der Waals surface area (Å²) in [5.74, 6) is -0.186. The Labute approximate surface area is 110 Å². The third-order valence-electron chi connectivity index (χ3n) is 2.47. The number of carbonyl (C=O) groups excluding carboxylic acids is 1. The predicted molar refractivity (Wildman–Crippen MR) is 70.3 cm³/mol. The zero-order chi connectivity index (χ0) is 14.3. The zero-order valence-electron chi connectivity index (χ0n) is 10.8. The Morgan fingerprint density at radius 1 is 1.47 bits per heavy atom. The molecule has 0 aliphatic heterocycles. The number of amides is 1. The van der Waals surface area contributed by atoms with Gasteiger partial charge in [-0.1, -0.05) is 6.07 Å². The molecule has 0 radical (unpaired) electrons. The van der Waals surface area contributed by atoms with Gasteiger partial charge in [0, 0.05) is 24.4 Å². The molecule has 0 aliphatic carbocycles. The van der Waals surface area contributed by atoms with Crippen molar-refractivity contribution >= 4 is 17.3 Å². The van der Waals surface area contributed by atoms with E-state index in [1.165, 1.54) is 0 Å². The van der Waals surface area contributed by atoms with Crippen LogP contribution in [0.3, 0.4) is 0 Å². The molecule has 1 aromatic carbocycles. The number of alkyl halides is 2. The van der Waals surface area contributed by atoms with Gasteiger partial charge in [0.2, 0.25) is 5.91 Å². The van der Waals surface area contributed by atoms with Crippen LogP contribution in [0, 0.1) is 6.92 Å². The summed E-state index contributed by atoms with van der Waals surface area (Å²) in [6, 6.07) is 5.25. The average molecular weight is 272 g/mol. The third-order valence-corrected chi connectivity index (χ3v) is 2.47. The maximum absolute atomic E-state index is 11.8. The quantitative estimate of drug-likeness (QED) is 0.592. The van der Waals surface area contributed by atoms with Crippen molar-refractivity contribution in [3.63, 3.8) is 0 Å². The Morgan fingerprint density at radius 2 is 2.21 bits per heavy atom. The topological polar surface area (TPSA) is 64.3 Å². The maximum Gasteiger partial charge on any atom is 0.261 e. The molecule has 0 aliphatic rings. The van der Waals surface area contributed by atoms with Gasteiger partial charge >= 0.3 is 0 Å². The van der Waals surface area contributed by atoms with E-state index in [1.807, 2.05) is 13.0 Å². The van der Waals surface area contributed by atoms with Crippen molar-refractivity contribution in [2.75, 3.05) is 24.3 Å². The Kier molecular flexibility index (Phi) is 6.21. The summed E-state index contributed by atoms with van der Waals surface area (Å²) >= 11 is 0. The fourth-order valence-electron chi connectivity index (χ4n) is 1.49. The summed E-state index contributed by atoms with van der Waals surface area (Å²) in [4.78, 5) is 11.6. The Morgan fingerprint density at radius 3 is 2.89 bits per heavy atom. The molecule has 0 unspecified atom stereocenters. The second-order valence-corrected chi connectivity index (χ2v) is 4.19. The molecule has 0 bridgehead atoms. The highest BCUT2D eigenvalue weighted by Crippen LogP contribution is 2.18. The molecule has 0 fully saturated rings. The number of carbonyl (C=O) groups is 1. The number of nitrogen functional groups attached to an aromatic ring is 1. The highest BCUT2D eigenvalue weighted by atomic mass is 19.3. The van der Waals surface area contributed by atoms with E-state index in [0.717, 1.165) is 5.56 Å². The second kappa shape index (κ2) is 7.68. The van der Waals surface area contributed by atoms with Crippen LogP contribution in [0.25, 0.3) is 0 Å². The molecule has 19 heavy (non-hydrogen) atoms. The summed E-state index contributed by atoms with van der Waals surface area (Å²) in [6.07, 6.45) is -1.85. The number of halogens is 2. The van der Waals surface area contributed by atoms with E-state index in [2.05, 4.69) is 10.1 Å². The van der Waals surface area contributed by atoms with Crippen LogP contribution in [0.1, 0.15) is 18.4 Å². The van der Waals surface area contributed by atoms with Crippen LogP contribution in [-0.2, 0) is 9.53 Å². The molecular weight excluding hydrogens is 254 g/mol. The van der Waals surface area contributed by atoms with Gasteiger partial charge < -0.3 is 15.8 Å². The van der Waals surface area contributed by atoms with Crippen molar-refractivity contribution < 1.29 is 18.3 Å². The number of nitrogens with one attached hydrogen (secondary N) is 1. The van der Waals surface area contributed by atoms with Gasteiger partial charge in [-0.2, -0.15) is 0 Å². The number of ether oxygens (including phenoxy) is 1. The van der Waals surface area contributed by atoms with Gasteiger partial charge in [-0.15, -0.1) is 0 Å². The predicted octanol–water partition coefficient (Wildman–Crippen LogP) is 2.58. The smallest absolute Gasteiger partial charge is 0.261 e. The van der Waals surface area contributed by atoms with Crippen LogP contribution < -0.4 is 11.1 Å². The highest BCUT2D eigenvalue weighted by Gasteiger charge is 2.06. The second-order valence-electron chi connectivity index (χ2n) is 4.19. The van der Waals surface area contributed by atoms with E-state index < -0.39 is 13.0 Å². The average Bonchev–Trinajstić information content (AvgIpc) is 2.33. The van der Waals surface area contributed by atoms with Gasteiger partial charge in [-0.25, -0.2) is 8.78 Å². The van der Waals surface area contributed by atoms with Gasteiger partial charge in [-0.05, 0) is 31.0 Å². The summed E-state index contributed by atoms with van der Waals surface area (Å²) in [7, 11) is 0. The van der Waals surface area contributed by atoms with Crippen LogP contribution in [0.2, 0.25) is 0 Å². The fourth-order valence-corrected chi connectivity index (χ4v) is 1.49. The first-order valence-corrected chi connectivity index (χ1v) is 6.01. The summed E-state index contributed by atoms with van der Waals surface area (Å²) in [5, 5.41) is 2.73. The number of anilines is 2. The van der Waals surface area contributed by atoms with Crippen LogP contribution >= 0.6 is 0 Å². The lowest BCUT2D eigenvalue weighted by atomic mass is 10.1. The van der Waals surface area contributed by atoms with Crippen molar-refractivity contribution in [2.24, 2.45) is 0 Å². The van der Waals surface area contributed by atoms with E-state index in [-0.39, 0.29) is 18.9 Å². The van der Waals surface area contributed by atoms with E-state index in [4.69, 9.17) is 5.73 Å². The van der Waals surface area contributed by atoms with Crippen molar-refractivity contribution in [1.29, 1.82) is 0 Å². The summed E-state index contributed by atoms with van der Waals surface area (Å²) < 4.78 is 28.2. The lowest BCUT2D eigenvalue weighted by Gasteiger charge is -2.09. The summed E-state index contributed by atoms with van der Waals surface area (Å²) in [6.45, 7) is 1.42. The van der Waals surface area contributed by atoms with Crippen molar-refractivity contribution in [3.8, 4) is 0 Å². The molecule has 4 nitrogen and oxygen atoms in total. The van der Waals surface area contributed by atoms with E-state index in [1.54, 1.807) is 12.1 Å². The first-order chi connectivity index (χ1) is 8.99. The first-order valence-electron chi connectivity index (χ1n) is 6.01. The van der Waals surface area contributed by atoms with Gasteiger partial charge in [-0.3, -0.25) is 4.79 Å². The normalized spacial score (nSPS) is 10.7. The molecule has 3 N–H and O–H groups in total. The minimum Gasteiger partial charge on any atom is -0.399 e. The number of rotatable bonds is 7. The number of nitrogens with two attached hydrogens (primary N) is 1. The SMILES string of the molecule is Cc1ccc(N)cc1NC(=O)CCCOCC(F)F. The molecule has 0 aromatic heterocycles. The van der Waals surface area contributed by atoms with Crippen LogP contribution in [0.5, 0.6) is 0 Å². The Bertz CT molecular complexity index is 425. The summed E-state index contributed by atoms with van der Waals surface area (Å²) in [5.41, 5.74) is 7.78. The molecule has 1 amide bonds. The lowest BCUT2D eigenvalue weighted by molar-refractivity contribution is -0.116. The van der Waals surface area contributed by atoms with Crippen molar-refractivity contribution in [1.82, 2.24) is 0 Å². The molecule has 0 atom stereocenters. The van der Waals surface area contributed by atoms with Crippen molar-refractivity contribution in [3.05, 3.63) is 23.8 Å². The van der Waals surface area contributed by atoms with Gasteiger partial charge in [0.05, 0.1) is 0 Å². The fraction of sp³-hybridized carbons (Fsp3) is 0.462. The first kappa shape index (κ1) is 15.4. The molecule has 1 aromatic rings. The van der Waals surface area contributed by atoms with E-state index in [0.29, 0.717) is 17.8 Å². The van der Waals surface area contributed by atoms with Gasteiger partial charge in [0.15, 0.2) is 0 Å². The monoisotopic (exact) mass is 272 g/mol. The van der Waals surface area contributed by atoms with E-state index in [9.17, 15) is 13.6 Å². The highest BCUT2D eigenvalue weighted by molar-refractivity contribution is 5.91. The molecule has 0 saturated carbocycles. The molecular formula is C13H18F2N2O2. The zero-order valence-corrected chi connectivity index (χ0v) is 10.8. The molecule has 106 valence electrons. The maximum atomic E-state index is 11.8. The number of aryl methyl sites for hydroxylation is 1. The third kappa shape index (κ3) is 6.15. The number of benzene rings is 1. The number of hydrogen-bond donors (Lipinski definition) is 2. The Balaban J connectivity index is 2.29. The molecule has 6 heteroatoms. The minimum atomic E-state index is -2.47. The molecule has 0 saturated heterocycles. The number of hydrogen-bond acceptors (Lipinski definition) is 3. The van der Waals surface area contributed by atoms with Crippen LogP contribution in [0.4, 0.5) is 20.2 Å². The molecule has 0 heterocycles. The van der Waals surface area contributed by atoms with Gasteiger partial charge in [0.25, 0.3) is 6.43 Å². The Hall–Kier alpha value is -1.69. The van der Waals surface area contributed by atoms with E-state index >= 15 is 0 Å². The largest absolute Gasteiger partial charge is 0.399 e. The minimum absolute atomic E-state index is 0.146. The van der Waals surface area contributed by atoms with Crippen LogP contribution in [-0.4, -0.2) is 25.5 Å².